The lowest BCUT2D eigenvalue weighted by molar-refractivity contribution is -0.118. The topological polar surface area (TPSA) is 45.0 Å². The molecule has 0 unspecified atom stereocenters. The van der Waals surface area contributed by atoms with Gasteiger partial charge in [-0.1, -0.05) is 0 Å². The van der Waals surface area contributed by atoms with Gasteiger partial charge in [0.1, 0.15) is 11.7 Å². The van der Waals surface area contributed by atoms with Gasteiger partial charge >= 0.3 is 0 Å². The second-order valence-electron chi connectivity index (χ2n) is 5.30. The molecule has 0 saturated heterocycles. The van der Waals surface area contributed by atoms with Crippen LogP contribution < -0.4 is 5.01 Å². The van der Waals surface area contributed by atoms with Gasteiger partial charge in [-0.05, 0) is 51.0 Å². The molecule has 1 aromatic rings. The first-order valence-electron chi connectivity index (χ1n) is 6.75. The fourth-order valence-corrected chi connectivity index (χ4v) is 2.38. The summed E-state index contributed by atoms with van der Waals surface area (Å²) in [6.07, 6.45) is 2.21. The Labute approximate surface area is 117 Å². The number of benzene rings is 1. The minimum absolute atomic E-state index is 0.115. The van der Waals surface area contributed by atoms with Crippen LogP contribution in [0.25, 0.3) is 0 Å². The van der Waals surface area contributed by atoms with Gasteiger partial charge in [0.2, 0.25) is 0 Å². The number of carbonyl (C=O) groups excluding carboxylic acids is 1. The van der Waals surface area contributed by atoms with Crippen molar-refractivity contribution in [3.05, 3.63) is 30.1 Å². The maximum Gasteiger partial charge on any atom is 0.261 e. The van der Waals surface area contributed by atoms with E-state index >= 15 is 0 Å². The largest absolute Gasteiger partial charge is 0.290 e. The Morgan fingerprint density at radius 1 is 1.35 bits per heavy atom. The highest BCUT2D eigenvalue weighted by Crippen LogP contribution is 2.28. The van der Waals surface area contributed by atoms with Crippen LogP contribution in [-0.2, 0) is 4.79 Å². The van der Waals surface area contributed by atoms with Crippen molar-refractivity contribution in [3.63, 3.8) is 0 Å². The molecule has 0 spiro atoms. The van der Waals surface area contributed by atoms with E-state index in [0.717, 1.165) is 24.3 Å². The molecule has 1 aliphatic heterocycles. The van der Waals surface area contributed by atoms with Gasteiger partial charge in [0.15, 0.2) is 0 Å². The Kier molecular flexibility index (Phi) is 3.12. The highest BCUT2D eigenvalue weighted by atomic mass is 19.1. The van der Waals surface area contributed by atoms with E-state index in [2.05, 4.69) is 10.1 Å². The third-order valence-electron chi connectivity index (χ3n) is 3.55. The number of nitrogens with zero attached hydrogens (tertiary/aromatic N) is 3. The molecule has 4 nitrogen and oxygen atoms in total. The molecular weight excluding hydrogens is 257 g/mol. The van der Waals surface area contributed by atoms with Crippen LogP contribution in [0.3, 0.4) is 0 Å². The Morgan fingerprint density at radius 3 is 2.60 bits per heavy atom. The predicted molar refractivity (Wildman–Crippen MR) is 76.6 cm³/mol. The number of halogens is 1. The van der Waals surface area contributed by atoms with Crippen molar-refractivity contribution < 1.29 is 9.18 Å². The molecule has 0 radical (unpaired) electrons. The number of aliphatic imine (C=N–C) groups is 1. The van der Waals surface area contributed by atoms with Crippen LogP contribution in [0, 0.1) is 11.7 Å². The van der Waals surface area contributed by atoms with Crippen molar-refractivity contribution in [2.75, 3.05) is 5.01 Å². The monoisotopic (exact) mass is 273 g/mol. The molecule has 0 bridgehead atoms. The van der Waals surface area contributed by atoms with E-state index < -0.39 is 0 Å². The molecule has 1 amide bonds. The van der Waals surface area contributed by atoms with E-state index in [9.17, 15) is 9.18 Å². The van der Waals surface area contributed by atoms with Crippen molar-refractivity contribution >= 4 is 23.0 Å². The molecule has 104 valence electrons. The molecule has 1 atom stereocenters. The average Bonchev–Trinajstić information content (AvgIpc) is 3.16. The Morgan fingerprint density at radius 2 is 2.00 bits per heavy atom. The van der Waals surface area contributed by atoms with Gasteiger partial charge in [-0.25, -0.2) is 4.39 Å². The van der Waals surface area contributed by atoms with Crippen molar-refractivity contribution in [3.8, 4) is 0 Å². The first-order valence-corrected chi connectivity index (χ1v) is 6.75. The number of rotatable bonds is 3. The minimum atomic E-state index is -0.374. The standard InChI is InChI=1S/C15H16FN3O/c1-9(17-12-5-6-12)14-10(2)18-19(15(14)20)13-7-3-11(16)4-8-13/h3-4,7-8,12,14H,5-6H2,1-2H3/t14-/m1/s1. The zero-order chi connectivity index (χ0) is 14.3. The summed E-state index contributed by atoms with van der Waals surface area (Å²) in [5.41, 5.74) is 2.14. The van der Waals surface area contributed by atoms with E-state index in [-0.39, 0.29) is 17.6 Å². The number of hydrazone groups is 1. The van der Waals surface area contributed by atoms with Gasteiger partial charge in [-0.3, -0.25) is 9.79 Å². The van der Waals surface area contributed by atoms with Gasteiger partial charge in [-0.15, -0.1) is 0 Å². The number of amides is 1. The molecular formula is C15H16FN3O. The SMILES string of the molecule is CC(=NC1CC1)[C@H]1C(=O)N(c2ccc(F)cc2)N=C1C. The molecule has 3 rings (SSSR count). The summed E-state index contributed by atoms with van der Waals surface area (Å²) in [6, 6.07) is 6.15. The number of hydrogen-bond donors (Lipinski definition) is 0. The molecule has 1 heterocycles. The van der Waals surface area contributed by atoms with E-state index in [1.807, 2.05) is 13.8 Å². The lowest BCUT2D eigenvalue weighted by Crippen LogP contribution is -2.31. The van der Waals surface area contributed by atoms with Crippen molar-refractivity contribution in [2.24, 2.45) is 16.0 Å². The third kappa shape index (κ3) is 2.35. The first kappa shape index (κ1) is 13.0. The molecule has 1 aromatic carbocycles. The Balaban J connectivity index is 1.86. The second kappa shape index (κ2) is 4.81. The fourth-order valence-electron chi connectivity index (χ4n) is 2.38. The molecule has 20 heavy (non-hydrogen) atoms. The smallest absolute Gasteiger partial charge is 0.261 e. The molecule has 1 saturated carbocycles. The first-order chi connectivity index (χ1) is 9.56. The second-order valence-corrected chi connectivity index (χ2v) is 5.30. The van der Waals surface area contributed by atoms with Crippen LogP contribution in [-0.4, -0.2) is 23.4 Å². The van der Waals surface area contributed by atoms with Crippen LogP contribution in [0.5, 0.6) is 0 Å². The van der Waals surface area contributed by atoms with Gasteiger partial charge in [-0.2, -0.15) is 10.1 Å². The highest BCUT2D eigenvalue weighted by Gasteiger charge is 2.37. The quantitative estimate of drug-likeness (QED) is 0.781. The zero-order valence-electron chi connectivity index (χ0n) is 11.5. The number of carbonyl (C=O) groups is 1. The Bertz CT molecular complexity index is 602. The number of hydrogen-bond acceptors (Lipinski definition) is 3. The Hall–Kier alpha value is -2.04. The molecule has 1 fully saturated rings. The molecule has 0 aromatic heterocycles. The molecule has 5 heteroatoms. The minimum Gasteiger partial charge on any atom is -0.290 e. The summed E-state index contributed by atoms with van der Waals surface area (Å²) in [7, 11) is 0. The summed E-state index contributed by atoms with van der Waals surface area (Å²) in [6.45, 7) is 3.71. The maximum absolute atomic E-state index is 12.9. The lowest BCUT2D eigenvalue weighted by Gasteiger charge is -2.14. The lowest BCUT2D eigenvalue weighted by atomic mass is 9.99. The summed E-state index contributed by atoms with van der Waals surface area (Å²) in [5, 5.41) is 5.64. The van der Waals surface area contributed by atoms with Crippen LogP contribution in [0.4, 0.5) is 10.1 Å². The molecule has 1 aliphatic carbocycles. The summed E-state index contributed by atoms with van der Waals surface area (Å²) < 4.78 is 12.9. The van der Waals surface area contributed by atoms with E-state index in [1.165, 1.54) is 17.1 Å². The third-order valence-corrected chi connectivity index (χ3v) is 3.55. The van der Waals surface area contributed by atoms with Crippen LogP contribution >= 0.6 is 0 Å². The van der Waals surface area contributed by atoms with Crippen LogP contribution in [0.15, 0.2) is 34.4 Å². The predicted octanol–water partition coefficient (Wildman–Crippen LogP) is 2.79. The highest BCUT2D eigenvalue weighted by molar-refractivity contribution is 6.27. The summed E-state index contributed by atoms with van der Waals surface area (Å²) >= 11 is 0. The normalized spacial score (nSPS) is 23.2. The van der Waals surface area contributed by atoms with Crippen LogP contribution in [0.1, 0.15) is 26.7 Å². The summed E-state index contributed by atoms with van der Waals surface area (Å²) in [4.78, 5) is 17.0. The molecule has 2 aliphatic rings. The summed E-state index contributed by atoms with van der Waals surface area (Å²) in [5.74, 6) is -0.819. The van der Waals surface area contributed by atoms with E-state index in [1.54, 1.807) is 12.1 Å². The fraction of sp³-hybridized carbons (Fsp3) is 0.400. The van der Waals surface area contributed by atoms with E-state index in [4.69, 9.17) is 0 Å². The van der Waals surface area contributed by atoms with Gasteiger partial charge in [0.25, 0.3) is 5.91 Å². The van der Waals surface area contributed by atoms with Gasteiger partial charge in [0.05, 0.1) is 17.4 Å². The average molecular weight is 273 g/mol. The van der Waals surface area contributed by atoms with Crippen molar-refractivity contribution in [1.82, 2.24) is 0 Å². The van der Waals surface area contributed by atoms with Crippen LogP contribution in [0.2, 0.25) is 0 Å². The van der Waals surface area contributed by atoms with E-state index in [0.29, 0.717) is 11.7 Å². The van der Waals surface area contributed by atoms with Crippen molar-refractivity contribution in [2.45, 2.75) is 32.7 Å². The van der Waals surface area contributed by atoms with Gasteiger partial charge in [0, 0.05) is 5.71 Å². The zero-order valence-corrected chi connectivity index (χ0v) is 11.5. The van der Waals surface area contributed by atoms with Gasteiger partial charge < -0.3 is 0 Å². The molecule has 0 N–H and O–H groups in total. The maximum atomic E-state index is 12.9. The number of anilines is 1. The van der Waals surface area contributed by atoms with Crippen molar-refractivity contribution in [1.29, 1.82) is 0 Å².